The predicted octanol–water partition coefficient (Wildman–Crippen LogP) is 2.76. The van der Waals surface area contributed by atoms with Gasteiger partial charge in [-0.1, -0.05) is 24.3 Å². The van der Waals surface area contributed by atoms with Crippen molar-refractivity contribution in [3.05, 3.63) is 81.4 Å². The van der Waals surface area contributed by atoms with Crippen molar-refractivity contribution in [1.82, 2.24) is 15.0 Å². The number of rotatable bonds is 6. The molecule has 1 aromatic heterocycles. The van der Waals surface area contributed by atoms with E-state index in [4.69, 9.17) is 28.9 Å². The molecule has 5 rings (SSSR count). The number of ketones is 2. The zero-order valence-corrected chi connectivity index (χ0v) is 29.1. The van der Waals surface area contributed by atoms with Crippen molar-refractivity contribution in [1.29, 1.82) is 0 Å². The Morgan fingerprint density at radius 3 is 1.77 bits per heavy atom. The van der Waals surface area contributed by atoms with Crippen LogP contribution in [0.1, 0.15) is 31.8 Å². The first-order valence-electron chi connectivity index (χ1n) is 11.0. The minimum atomic E-state index is -4.98. The summed E-state index contributed by atoms with van der Waals surface area (Å²) >= 11 is 11.5. The summed E-state index contributed by atoms with van der Waals surface area (Å²) in [4.78, 5) is 36.5. The number of halogens is 2. The van der Waals surface area contributed by atoms with Crippen LogP contribution < -0.4 is 16.4 Å². The van der Waals surface area contributed by atoms with E-state index in [1.807, 2.05) is 0 Å². The van der Waals surface area contributed by atoms with Gasteiger partial charge in [0.2, 0.25) is 16.5 Å². The first kappa shape index (κ1) is 35.3. The van der Waals surface area contributed by atoms with E-state index in [-0.39, 0.29) is 109 Å². The fraction of sp³-hybridized carbons (Fsp3) is 0. The number of fused-ring (bicyclic) bond motifs is 2. The molecule has 3 aromatic carbocycles. The van der Waals surface area contributed by atoms with Crippen LogP contribution in [0.2, 0.25) is 10.6 Å². The van der Waals surface area contributed by atoms with Crippen molar-refractivity contribution >= 4 is 143 Å². The molecule has 0 spiro atoms. The Morgan fingerprint density at radius 2 is 1.23 bits per heavy atom. The predicted molar refractivity (Wildman–Crippen MR) is 158 cm³/mol. The third-order valence-corrected chi connectivity index (χ3v) is 7.99. The Bertz CT molecular complexity index is 2030. The summed E-state index contributed by atoms with van der Waals surface area (Å²) in [6, 6.07) is 9.95. The second kappa shape index (κ2) is 13.0. The van der Waals surface area contributed by atoms with Crippen molar-refractivity contribution in [2.24, 2.45) is 0 Å². The molecular weight excluding hydrogens is 669 g/mol. The van der Waals surface area contributed by atoms with Crippen molar-refractivity contribution in [2.45, 2.75) is 9.79 Å². The molecule has 0 unspecified atom stereocenters. The Kier molecular flexibility index (Phi) is 10.7. The summed E-state index contributed by atoms with van der Waals surface area (Å²) in [6.45, 7) is 0. The topological polar surface area (TPSA) is 232 Å². The number of carbonyl (C=O) groups excluding carboxylic acids is 2. The monoisotopic (exact) mass is 682 g/mol. The number of nitrogens with two attached hydrogens (primary N) is 1. The van der Waals surface area contributed by atoms with Gasteiger partial charge in [-0.2, -0.15) is 31.8 Å². The first-order chi connectivity index (χ1) is 19.1. The number of aromatic nitrogens is 3. The zero-order valence-electron chi connectivity index (χ0n) is 22.0. The van der Waals surface area contributed by atoms with E-state index in [2.05, 4.69) is 25.6 Å². The van der Waals surface area contributed by atoms with Crippen LogP contribution in [0, 0.1) is 0 Å². The maximum absolute atomic E-state index is 13.5. The molecule has 43 heavy (non-hydrogen) atoms. The van der Waals surface area contributed by atoms with Crippen molar-refractivity contribution in [3.63, 3.8) is 0 Å². The van der Waals surface area contributed by atoms with Crippen molar-refractivity contribution in [2.75, 3.05) is 16.4 Å². The van der Waals surface area contributed by atoms with Gasteiger partial charge in [0.15, 0.2) is 11.6 Å². The molecule has 6 N–H and O–H groups in total. The number of benzene rings is 3. The third kappa shape index (κ3) is 7.06. The molecule has 0 saturated heterocycles. The van der Waals surface area contributed by atoms with Crippen LogP contribution in [0.4, 0.5) is 28.7 Å². The number of nitrogens with zero attached hydrogens (tertiary/aromatic N) is 3. The average molecular weight is 683 g/mol. The van der Waals surface area contributed by atoms with Gasteiger partial charge in [0.25, 0.3) is 20.2 Å². The molecule has 0 aliphatic heterocycles. The largest absolute Gasteiger partial charge is 0.397 e. The van der Waals surface area contributed by atoms with Gasteiger partial charge < -0.3 is 16.4 Å². The van der Waals surface area contributed by atoms with E-state index in [0.717, 1.165) is 18.2 Å². The van der Waals surface area contributed by atoms with Gasteiger partial charge in [0.1, 0.15) is 9.79 Å². The van der Waals surface area contributed by atoms with E-state index < -0.39 is 52.8 Å². The molecule has 2 radical (unpaired) electrons. The molecule has 1 aliphatic rings. The van der Waals surface area contributed by atoms with Crippen LogP contribution in [-0.4, -0.2) is 112 Å². The van der Waals surface area contributed by atoms with Crippen LogP contribution >= 0.6 is 23.2 Å². The molecule has 20 heteroatoms. The van der Waals surface area contributed by atoms with E-state index in [0.29, 0.717) is 0 Å². The summed E-state index contributed by atoms with van der Waals surface area (Å²) < 4.78 is 67.9. The number of anilines is 5. The molecule has 4 aromatic rings. The minimum Gasteiger partial charge on any atom is -0.397 e. The summed E-state index contributed by atoms with van der Waals surface area (Å²) in [7, 11) is -9.80. The van der Waals surface area contributed by atoms with E-state index in [1.54, 1.807) is 0 Å². The second-order valence-electron chi connectivity index (χ2n) is 8.40. The molecule has 0 atom stereocenters. The molecule has 1 aliphatic carbocycles. The Labute approximate surface area is 297 Å². The molecule has 212 valence electrons. The van der Waals surface area contributed by atoms with E-state index in [1.165, 1.54) is 30.3 Å². The second-order valence-corrected chi connectivity index (χ2v) is 11.9. The smallest absolute Gasteiger partial charge is 0.296 e. The van der Waals surface area contributed by atoms with Gasteiger partial charge in [-0.25, -0.2) is 0 Å². The van der Waals surface area contributed by atoms with Crippen LogP contribution in [0.15, 0.2) is 58.3 Å². The van der Waals surface area contributed by atoms with Crippen LogP contribution in [0.25, 0.3) is 0 Å². The molecular formula is C23H14Cl2N6Na2O8S2. The summed E-state index contributed by atoms with van der Waals surface area (Å²) in [6.07, 6.45) is 0. The zero-order chi connectivity index (χ0) is 29.9. The summed E-state index contributed by atoms with van der Waals surface area (Å²) in [5.74, 6) is -1.73. The summed E-state index contributed by atoms with van der Waals surface area (Å²) in [5.41, 5.74) is 4.07. The van der Waals surface area contributed by atoms with Gasteiger partial charge in [-0.05, 0) is 47.5 Å². The molecule has 14 nitrogen and oxygen atoms in total. The normalized spacial score (nSPS) is 12.4. The third-order valence-electron chi connectivity index (χ3n) is 5.84. The first-order valence-corrected chi connectivity index (χ1v) is 14.6. The maximum Gasteiger partial charge on any atom is 0.296 e. The van der Waals surface area contributed by atoms with Gasteiger partial charge in [0.05, 0.1) is 28.2 Å². The number of nitrogen functional groups attached to an aromatic ring is 1. The number of hydrogen-bond acceptors (Lipinski definition) is 12. The fourth-order valence-corrected chi connectivity index (χ4v) is 5.83. The van der Waals surface area contributed by atoms with Gasteiger partial charge in [-0.3, -0.25) is 18.7 Å². The Balaban J connectivity index is 0.00000253. The average Bonchev–Trinajstić information content (AvgIpc) is 2.86. The van der Waals surface area contributed by atoms with E-state index in [9.17, 15) is 35.5 Å². The molecule has 0 saturated carbocycles. The molecule has 1 heterocycles. The Morgan fingerprint density at radius 1 is 0.698 bits per heavy atom. The minimum absolute atomic E-state index is 0. The summed E-state index contributed by atoms with van der Waals surface area (Å²) in [5, 5.41) is 4.63. The number of nitrogens with one attached hydrogen (secondary N) is 2. The van der Waals surface area contributed by atoms with Crippen molar-refractivity contribution in [3.8, 4) is 0 Å². The number of carbonyl (C=O) groups is 2. The van der Waals surface area contributed by atoms with Crippen LogP contribution in [-0.2, 0) is 20.2 Å². The van der Waals surface area contributed by atoms with Gasteiger partial charge in [-0.15, -0.1) is 0 Å². The van der Waals surface area contributed by atoms with Crippen molar-refractivity contribution < 1.29 is 35.5 Å². The SMILES string of the molecule is Nc1c(S(=O)(=O)O)cc(Nc2ccc(S(=O)(=O)O)c(Nc3nc(Cl)nc(Cl)n3)c2)c2c1C(=O)c1ccccc1C2=O.[Na].[Na]. The Hall–Kier alpha value is -2.19. The molecule has 0 amide bonds. The fourth-order valence-electron chi connectivity index (χ4n) is 4.19. The standard InChI is InChI=1S/C23H14Cl2N6O8S2.2Na/c24-21-29-22(25)31-23(30-21)28-12-7-9(5-6-14(12)40(34,35)36)27-13-8-15(41(37,38)39)18(26)17-16(13)19(32)10-3-1-2-4-11(10)20(17)33;;/h1-8,27H,26H2,(H,34,35,36)(H,37,38,39)(H,28,29,30,31);;. The van der Waals surface area contributed by atoms with Gasteiger partial charge >= 0.3 is 0 Å². The quantitative estimate of drug-likeness (QED) is 0.0985. The van der Waals surface area contributed by atoms with E-state index >= 15 is 0 Å². The van der Waals surface area contributed by atoms with Crippen LogP contribution in [0.3, 0.4) is 0 Å². The number of hydrogen-bond donors (Lipinski definition) is 5. The molecule has 0 bridgehead atoms. The molecule has 0 fully saturated rings. The van der Waals surface area contributed by atoms with Crippen LogP contribution in [0.5, 0.6) is 0 Å². The maximum atomic E-state index is 13.5. The van der Waals surface area contributed by atoms with Gasteiger partial charge in [0, 0.05) is 75.9 Å².